The first-order valence-corrected chi connectivity index (χ1v) is 6.84. The summed E-state index contributed by atoms with van der Waals surface area (Å²) in [5.41, 5.74) is 1.49. The van der Waals surface area contributed by atoms with Crippen molar-refractivity contribution in [2.45, 2.75) is 26.7 Å². The largest absolute Gasteiger partial charge is 0.371 e. The molecule has 0 bridgehead atoms. The van der Waals surface area contributed by atoms with Gasteiger partial charge in [-0.1, -0.05) is 6.92 Å². The molecule has 0 atom stereocenters. The van der Waals surface area contributed by atoms with Gasteiger partial charge in [-0.15, -0.1) is 0 Å². The van der Waals surface area contributed by atoms with Crippen LogP contribution in [0.4, 0.5) is 10.1 Å². The molecular weight excluding hydrogens is 227 g/mol. The van der Waals surface area contributed by atoms with E-state index in [0.29, 0.717) is 5.41 Å². The minimum Gasteiger partial charge on any atom is -0.371 e. The zero-order valence-corrected chi connectivity index (χ0v) is 11.4. The van der Waals surface area contributed by atoms with Crippen molar-refractivity contribution < 1.29 is 4.39 Å². The molecule has 0 amide bonds. The van der Waals surface area contributed by atoms with E-state index in [9.17, 15) is 4.39 Å². The highest BCUT2D eigenvalue weighted by atomic mass is 19.1. The third kappa shape index (κ3) is 3.22. The van der Waals surface area contributed by atoms with Crippen LogP contribution in [-0.2, 0) is 0 Å². The fraction of sp³-hybridized carbons (Fsp3) is 0.600. The molecule has 2 rings (SSSR count). The van der Waals surface area contributed by atoms with Crippen LogP contribution in [0.25, 0.3) is 0 Å². The van der Waals surface area contributed by atoms with Crippen molar-refractivity contribution in [3.05, 3.63) is 30.1 Å². The molecule has 0 spiro atoms. The first kappa shape index (κ1) is 13.3. The Hall–Kier alpha value is -1.09. The standard InChI is InChI=1S/C15H23FN2/c1-3-18(14-6-4-13(16)5-7-14)12-15(2)8-10-17-11-9-15/h4-7,17H,3,8-12H2,1-2H3. The second-order valence-corrected chi connectivity index (χ2v) is 5.55. The average molecular weight is 250 g/mol. The summed E-state index contributed by atoms with van der Waals surface area (Å²) in [6.45, 7) is 8.76. The number of nitrogens with zero attached hydrogens (tertiary/aromatic N) is 1. The van der Waals surface area contributed by atoms with Crippen molar-refractivity contribution in [3.8, 4) is 0 Å². The van der Waals surface area contributed by atoms with Gasteiger partial charge >= 0.3 is 0 Å². The Balaban J connectivity index is 2.06. The van der Waals surface area contributed by atoms with Gasteiger partial charge in [-0.05, 0) is 62.5 Å². The van der Waals surface area contributed by atoms with Crippen LogP contribution >= 0.6 is 0 Å². The van der Waals surface area contributed by atoms with Crippen LogP contribution in [0.5, 0.6) is 0 Å². The maximum absolute atomic E-state index is 13.0. The topological polar surface area (TPSA) is 15.3 Å². The number of anilines is 1. The molecule has 1 aromatic rings. The predicted octanol–water partition coefficient (Wildman–Crippen LogP) is 3.04. The zero-order chi connectivity index (χ0) is 13.0. The van der Waals surface area contributed by atoms with E-state index in [1.807, 2.05) is 12.1 Å². The van der Waals surface area contributed by atoms with Crippen LogP contribution in [-0.4, -0.2) is 26.2 Å². The number of hydrogen-bond acceptors (Lipinski definition) is 2. The minimum atomic E-state index is -0.164. The Morgan fingerprint density at radius 2 is 1.83 bits per heavy atom. The molecular formula is C15H23FN2. The molecule has 0 aliphatic carbocycles. The van der Waals surface area contributed by atoms with Gasteiger partial charge in [-0.25, -0.2) is 4.39 Å². The quantitative estimate of drug-likeness (QED) is 0.883. The summed E-state index contributed by atoms with van der Waals surface area (Å²) in [5.74, 6) is -0.164. The first-order chi connectivity index (χ1) is 8.63. The molecule has 1 aromatic carbocycles. The number of hydrogen-bond donors (Lipinski definition) is 1. The average Bonchev–Trinajstić information content (AvgIpc) is 2.38. The highest BCUT2D eigenvalue weighted by Crippen LogP contribution is 2.30. The molecule has 1 heterocycles. The lowest BCUT2D eigenvalue weighted by Gasteiger charge is -2.39. The Bertz CT molecular complexity index is 369. The number of rotatable bonds is 4. The van der Waals surface area contributed by atoms with Gasteiger partial charge in [-0.3, -0.25) is 0 Å². The Morgan fingerprint density at radius 1 is 1.22 bits per heavy atom. The molecule has 1 aliphatic rings. The summed E-state index contributed by atoms with van der Waals surface area (Å²) in [6.07, 6.45) is 2.43. The fourth-order valence-corrected chi connectivity index (χ4v) is 2.69. The lowest BCUT2D eigenvalue weighted by Crippen LogP contribution is -2.43. The Kier molecular flexibility index (Phi) is 4.23. The van der Waals surface area contributed by atoms with Crippen molar-refractivity contribution in [1.82, 2.24) is 5.32 Å². The van der Waals surface area contributed by atoms with E-state index < -0.39 is 0 Å². The third-order valence-corrected chi connectivity index (χ3v) is 3.96. The van der Waals surface area contributed by atoms with Crippen molar-refractivity contribution in [1.29, 1.82) is 0 Å². The summed E-state index contributed by atoms with van der Waals surface area (Å²) in [5, 5.41) is 3.41. The summed E-state index contributed by atoms with van der Waals surface area (Å²) >= 11 is 0. The normalized spacial score (nSPS) is 18.6. The Morgan fingerprint density at radius 3 is 2.39 bits per heavy atom. The summed E-state index contributed by atoms with van der Waals surface area (Å²) < 4.78 is 13.0. The second-order valence-electron chi connectivity index (χ2n) is 5.55. The molecule has 100 valence electrons. The van der Waals surface area contributed by atoms with Crippen LogP contribution in [0.15, 0.2) is 24.3 Å². The second kappa shape index (κ2) is 5.70. The molecule has 1 saturated heterocycles. The monoisotopic (exact) mass is 250 g/mol. The highest BCUT2D eigenvalue weighted by molar-refractivity contribution is 5.46. The van der Waals surface area contributed by atoms with Gasteiger partial charge < -0.3 is 10.2 Å². The number of nitrogens with one attached hydrogen (secondary N) is 1. The van der Waals surface area contributed by atoms with Crippen molar-refractivity contribution >= 4 is 5.69 Å². The molecule has 0 radical (unpaired) electrons. The summed E-state index contributed by atoms with van der Waals surface area (Å²) in [4.78, 5) is 2.35. The maximum Gasteiger partial charge on any atom is 0.123 e. The molecule has 1 aliphatic heterocycles. The summed E-state index contributed by atoms with van der Waals surface area (Å²) in [6, 6.07) is 6.85. The molecule has 1 fully saturated rings. The van der Waals surface area contributed by atoms with Gasteiger partial charge in [0, 0.05) is 18.8 Å². The van der Waals surface area contributed by atoms with Gasteiger partial charge in [0.2, 0.25) is 0 Å². The first-order valence-electron chi connectivity index (χ1n) is 6.84. The van der Waals surface area contributed by atoms with Crippen LogP contribution in [0.3, 0.4) is 0 Å². The maximum atomic E-state index is 13.0. The molecule has 0 unspecified atom stereocenters. The van der Waals surface area contributed by atoms with Crippen molar-refractivity contribution in [2.75, 3.05) is 31.1 Å². The van der Waals surface area contributed by atoms with Crippen LogP contribution in [0.1, 0.15) is 26.7 Å². The van der Waals surface area contributed by atoms with Gasteiger partial charge in [0.25, 0.3) is 0 Å². The van der Waals surface area contributed by atoms with Crippen molar-refractivity contribution in [2.24, 2.45) is 5.41 Å². The third-order valence-electron chi connectivity index (χ3n) is 3.96. The predicted molar refractivity (Wildman–Crippen MR) is 74.5 cm³/mol. The van der Waals surface area contributed by atoms with Crippen LogP contribution in [0.2, 0.25) is 0 Å². The van der Waals surface area contributed by atoms with E-state index >= 15 is 0 Å². The SMILES string of the molecule is CCN(CC1(C)CCNCC1)c1ccc(F)cc1. The molecule has 3 heteroatoms. The molecule has 0 saturated carbocycles. The number of halogens is 1. The van der Waals surface area contributed by atoms with Gasteiger partial charge in [0.1, 0.15) is 5.82 Å². The van der Waals surface area contributed by atoms with E-state index in [0.717, 1.165) is 31.9 Å². The summed E-state index contributed by atoms with van der Waals surface area (Å²) in [7, 11) is 0. The van der Waals surface area contributed by atoms with Crippen molar-refractivity contribution in [3.63, 3.8) is 0 Å². The van der Waals surface area contributed by atoms with E-state index in [-0.39, 0.29) is 5.82 Å². The number of piperidine rings is 1. The van der Waals surface area contributed by atoms with Crippen LogP contribution in [0, 0.1) is 11.2 Å². The fourth-order valence-electron chi connectivity index (χ4n) is 2.69. The highest BCUT2D eigenvalue weighted by Gasteiger charge is 2.28. The lowest BCUT2D eigenvalue weighted by atomic mass is 9.80. The molecule has 18 heavy (non-hydrogen) atoms. The zero-order valence-electron chi connectivity index (χ0n) is 11.4. The Labute approximate surface area is 109 Å². The van der Waals surface area contributed by atoms with Gasteiger partial charge in [0.05, 0.1) is 0 Å². The van der Waals surface area contributed by atoms with E-state index in [1.54, 1.807) is 12.1 Å². The molecule has 0 aromatic heterocycles. The molecule has 2 nitrogen and oxygen atoms in total. The number of benzene rings is 1. The lowest BCUT2D eigenvalue weighted by molar-refractivity contribution is 0.234. The van der Waals surface area contributed by atoms with Gasteiger partial charge in [-0.2, -0.15) is 0 Å². The van der Waals surface area contributed by atoms with Crippen LogP contribution < -0.4 is 10.2 Å². The van der Waals surface area contributed by atoms with Gasteiger partial charge in [0.15, 0.2) is 0 Å². The van der Waals surface area contributed by atoms with E-state index in [2.05, 4.69) is 24.1 Å². The van der Waals surface area contributed by atoms with E-state index in [4.69, 9.17) is 0 Å². The molecule has 1 N–H and O–H groups in total. The van der Waals surface area contributed by atoms with E-state index in [1.165, 1.54) is 12.8 Å². The smallest absolute Gasteiger partial charge is 0.123 e. The minimum absolute atomic E-state index is 0.164.